The quantitative estimate of drug-likeness (QED) is 0.613. The average molecular weight is 420 g/mol. The lowest BCUT2D eigenvalue weighted by Crippen LogP contribution is -2.11. The second-order valence-corrected chi connectivity index (χ2v) is 6.66. The minimum atomic E-state index is -1.39. The lowest BCUT2D eigenvalue weighted by atomic mass is 9.91. The first-order valence-electron chi connectivity index (χ1n) is 6.79. The van der Waals surface area contributed by atoms with Crippen LogP contribution in [0.1, 0.15) is 17.5 Å². The van der Waals surface area contributed by atoms with Crippen molar-refractivity contribution in [1.29, 1.82) is 0 Å². The number of carboxylic acid groups (broad SMARTS) is 2. The molecule has 8 heteroatoms. The van der Waals surface area contributed by atoms with Crippen LogP contribution < -0.4 is 0 Å². The molecule has 0 saturated heterocycles. The molecule has 4 nitrogen and oxygen atoms in total. The second-order valence-electron chi connectivity index (χ2n) is 4.98. The van der Waals surface area contributed by atoms with Crippen molar-refractivity contribution in [1.82, 2.24) is 0 Å². The van der Waals surface area contributed by atoms with Crippen LogP contribution in [0.3, 0.4) is 0 Å². The zero-order valence-corrected chi connectivity index (χ0v) is 15.4. The zero-order chi connectivity index (χ0) is 18.7. The molecule has 0 aromatic heterocycles. The monoisotopic (exact) mass is 418 g/mol. The van der Waals surface area contributed by atoms with Gasteiger partial charge in [-0.25, -0.2) is 4.79 Å². The van der Waals surface area contributed by atoms with Crippen molar-refractivity contribution >= 4 is 63.9 Å². The molecule has 0 spiro atoms. The van der Waals surface area contributed by atoms with Crippen LogP contribution in [0.2, 0.25) is 20.1 Å². The Kier molecular flexibility index (Phi) is 6.36. The summed E-state index contributed by atoms with van der Waals surface area (Å²) in [6, 6.07) is 8.93. The fourth-order valence-electron chi connectivity index (χ4n) is 2.28. The molecule has 0 bridgehead atoms. The predicted molar refractivity (Wildman–Crippen MR) is 98.8 cm³/mol. The highest BCUT2D eigenvalue weighted by molar-refractivity contribution is 6.38. The first-order chi connectivity index (χ1) is 11.7. The maximum absolute atomic E-state index is 11.7. The van der Waals surface area contributed by atoms with Crippen molar-refractivity contribution in [2.24, 2.45) is 0 Å². The first kappa shape index (κ1) is 19.6. The Morgan fingerprint density at radius 1 is 0.800 bits per heavy atom. The molecule has 0 aliphatic carbocycles. The molecule has 0 radical (unpaired) electrons. The molecule has 0 amide bonds. The van der Waals surface area contributed by atoms with Crippen LogP contribution in [0, 0.1) is 0 Å². The summed E-state index contributed by atoms with van der Waals surface area (Å²) in [6.45, 7) is 0. The summed E-state index contributed by atoms with van der Waals surface area (Å²) in [6.07, 6.45) is -0.720. The van der Waals surface area contributed by atoms with E-state index in [2.05, 4.69) is 0 Å². The van der Waals surface area contributed by atoms with Gasteiger partial charge in [0.05, 0.1) is 12.0 Å². The summed E-state index contributed by atoms with van der Waals surface area (Å²) in [7, 11) is 0. The molecule has 0 heterocycles. The van der Waals surface area contributed by atoms with E-state index in [1.54, 1.807) is 0 Å². The molecule has 2 aromatic carbocycles. The van der Waals surface area contributed by atoms with Gasteiger partial charge in [-0.1, -0.05) is 58.5 Å². The van der Waals surface area contributed by atoms with Crippen molar-refractivity contribution in [2.75, 3.05) is 0 Å². The smallest absolute Gasteiger partial charge is 0.332 e. The van der Waals surface area contributed by atoms with Crippen molar-refractivity contribution in [3.8, 4) is 0 Å². The molecular weight excluding hydrogens is 410 g/mol. The summed E-state index contributed by atoms with van der Waals surface area (Å²) < 4.78 is 0. The van der Waals surface area contributed by atoms with E-state index in [0.717, 1.165) is 0 Å². The fraction of sp³-hybridized carbons (Fsp3) is 0.0588. The maximum Gasteiger partial charge on any atom is 0.332 e. The number of hydrogen-bond donors (Lipinski definition) is 2. The van der Waals surface area contributed by atoms with E-state index in [4.69, 9.17) is 51.5 Å². The van der Waals surface area contributed by atoms with E-state index >= 15 is 0 Å². The molecule has 0 aliphatic heterocycles. The molecule has 0 fully saturated rings. The van der Waals surface area contributed by atoms with Gasteiger partial charge >= 0.3 is 11.9 Å². The first-order valence-corrected chi connectivity index (χ1v) is 8.31. The van der Waals surface area contributed by atoms with Gasteiger partial charge in [-0.3, -0.25) is 4.79 Å². The molecule has 2 rings (SSSR count). The third-order valence-electron chi connectivity index (χ3n) is 3.29. The lowest BCUT2D eigenvalue weighted by molar-refractivity contribution is -0.139. The highest BCUT2D eigenvalue weighted by Gasteiger charge is 2.23. The Morgan fingerprint density at radius 2 is 1.24 bits per heavy atom. The van der Waals surface area contributed by atoms with Gasteiger partial charge in [0.1, 0.15) is 0 Å². The largest absolute Gasteiger partial charge is 0.481 e. The van der Waals surface area contributed by atoms with E-state index in [9.17, 15) is 14.7 Å². The topological polar surface area (TPSA) is 74.6 Å². The number of hydrogen-bond acceptors (Lipinski definition) is 2. The van der Waals surface area contributed by atoms with E-state index in [0.29, 0.717) is 21.2 Å². The molecular formula is C17H10Cl4O4. The third-order valence-corrected chi connectivity index (χ3v) is 4.38. The van der Waals surface area contributed by atoms with Crippen molar-refractivity contribution < 1.29 is 19.8 Å². The highest BCUT2D eigenvalue weighted by atomic mass is 35.5. The molecule has 0 saturated carbocycles. The maximum atomic E-state index is 11.7. The Bertz CT molecular complexity index is 837. The van der Waals surface area contributed by atoms with Crippen LogP contribution in [-0.2, 0) is 9.59 Å². The zero-order valence-electron chi connectivity index (χ0n) is 12.4. The number of benzene rings is 2. The van der Waals surface area contributed by atoms with Crippen LogP contribution in [0.25, 0.3) is 5.57 Å². The lowest BCUT2D eigenvalue weighted by Gasteiger charge is -2.16. The van der Waals surface area contributed by atoms with Crippen LogP contribution in [0.15, 0.2) is 42.0 Å². The molecule has 0 aliphatic rings. The van der Waals surface area contributed by atoms with Gasteiger partial charge in [-0.2, -0.15) is 0 Å². The van der Waals surface area contributed by atoms with Crippen LogP contribution >= 0.6 is 46.4 Å². The van der Waals surface area contributed by atoms with Crippen LogP contribution in [0.5, 0.6) is 0 Å². The van der Waals surface area contributed by atoms with Gasteiger partial charge in [0, 0.05) is 36.8 Å². The standard InChI is InChI=1S/C17H10Cl4O4/c18-8-1-3-10(13(20)5-8)16(12(17(24)25)7-15(22)23)11-4-2-9(19)6-14(11)21/h1-6H,7H2,(H,22,23)(H,24,25). The Morgan fingerprint density at radius 3 is 1.56 bits per heavy atom. The van der Waals surface area contributed by atoms with Gasteiger partial charge in [0.15, 0.2) is 0 Å². The van der Waals surface area contributed by atoms with Crippen LogP contribution in [-0.4, -0.2) is 22.2 Å². The van der Waals surface area contributed by atoms with Gasteiger partial charge in [0.2, 0.25) is 0 Å². The Balaban J connectivity index is 2.87. The minimum absolute atomic E-state index is 0.0956. The highest BCUT2D eigenvalue weighted by Crippen LogP contribution is 2.38. The predicted octanol–water partition coefficient (Wildman–Crippen LogP) is 5.66. The number of aliphatic carboxylic acids is 2. The van der Waals surface area contributed by atoms with Crippen molar-refractivity contribution in [2.45, 2.75) is 6.42 Å². The SMILES string of the molecule is O=C(O)CC(C(=O)O)=C(c1ccc(Cl)cc1Cl)c1ccc(Cl)cc1Cl. The minimum Gasteiger partial charge on any atom is -0.481 e. The van der Waals surface area contributed by atoms with E-state index in [1.807, 2.05) is 0 Å². The summed E-state index contributed by atoms with van der Waals surface area (Å²) >= 11 is 24.2. The summed E-state index contributed by atoms with van der Waals surface area (Å²) in [5.74, 6) is -2.69. The summed E-state index contributed by atoms with van der Waals surface area (Å²) in [5.41, 5.74) is 0.335. The number of carboxylic acids is 2. The average Bonchev–Trinajstić information content (AvgIpc) is 2.49. The number of halogens is 4. The summed E-state index contributed by atoms with van der Waals surface area (Å²) in [5, 5.41) is 19.7. The van der Waals surface area contributed by atoms with E-state index in [1.165, 1.54) is 36.4 Å². The summed E-state index contributed by atoms with van der Waals surface area (Å²) in [4.78, 5) is 22.9. The second kappa shape index (κ2) is 8.11. The molecule has 0 unspecified atom stereocenters. The van der Waals surface area contributed by atoms with E-state index in [-0.39, 0.29) is 21.2 Å². The molecule has 130 valence electrons. The Hall–Kier alpha value is -1.72. The molecule has 2 aromatic rings. The third kappa shape index (κ3) is 4.67. The number of rotatable bonds is 5. The normalized spacial score (nSPS) is 10.4. The van der Waals surface area contributed by atoms with Crippen molar-refractivity contribution in [3.05, 3.63) is 73.2 Å². The van der Waals surface area contributed by atoms with Gasteiger partial charge in [0.25, 0.3) is 0 Å². The van der Waals surface area contributed by atoms with E-state index < -0.39 is 18.4 Å². The molecule has 25 heavy (non-hydrogen) atoms. The van der Waals surface area contributed by atoms with Gasteiger partial charge in [-0.05, 0) is 24.3 Å². The van der Waals surface area contributed by atoms with Crippen LogP contribution in [0.4, 0.5) is 0 Å². The molecule has 0 atom stereocenters. The number of carbonyl (C=O) groups is 2. The van der Waals surface area contributed by atoms with Gasteiger partial charge < -0.3 is 10.2 Å². The van der Waals surface area contributed by atoms with Gasteiger partial charge in [-0.15, -0.1) is 0 Å². The molecule has 2 N–H and O–H groups in total. The van der Waals surface area contributed by atoms with Crippen molar-refractivity contribution in [3.63, 3.8) is 0 Å². The fourth-order valence-corrected chi connectivity index (χ4v) is 3.28. The Labute approximate surface area is 163 Å².